The summed E-state index contributed by atoms with van der Waals surface area (Å²) in [6.45, 7) is 3.72. The third-order valence-electron chi connectivity index (χ3n) is 7.27. The molecule has 1 aliphatic carbocycles. The summed E-state index contributed by atoms with van der Waals surface area (Å²) in [5.74, 6) is -0.546. The number of aryl methyl sites for hydroxylation is 2. The number of carboxylic acid groups (broad SMARTS) is 1. The minimum atomic E-state index is -4.34. The first kappa shape index (κ1) is 27.9. The van der Waals surface area contributed by atoms with Crippen LogP contribution >= 0.6 is 0 Å². The molecule has 0 fully saturated rings. The van der Waals surface area contributed by atoms with Crippen LogP contribution in [-0.2, 0) is 10.1 Å². The van der Waals surface area contributed by atoms with E-state index in [0.29, 0.717) is 39.1 Å². The van der Waals surface area contributed by atoms with E-state index in [-0.39, 0.29) is 10.5 Å². The topological polar surface area (TPSA) is 129 Å². The molecule has 0 aromatic heterocycles. The minimum Gasteiger partial charge on any atom is -0.478 e. The number of carbonyl (C=O) groups is 1. The van der Waals surface area contributed by atoms with Crippen LogP contribution in [0.3, 0.4) is 0 Å². The number of nitrogens with one attached hydrogen (secondary N) is 1. The lowest BCUT2D eigenvalue weighted by Crippen LogP contribution is -2.05. The lowest BCUT2D eigenvalue weighted by atomic mass is 9.90. The molecule has 4 aromatic rings. The van der Waals surface area contributed by atoms with Gasteiger partial charge in [0, 0.05) is 40.0 Å². The van der Waals surface area contributed by atoms with E-state index < -0.39 is 16.1 Å². The molecular formula is C34H26N2O6S. The van der Waals surface area contributed by atoms with Crippen molar-refractivity contribution < 1.29 is 27.3 Å². The Labute approximate surface area is 247 Å². The van der Waals surface area contributed by atoms with Crippen molar-refractivity contribution >= 4 is 44.1 Å². The second-order valence-electron chi connectivity index (χ2n) is 10.2. The number of hydrogen-bond donors (Lipinski definition) is 3. The fraction of sp³-hybridized carbons (Fsp3) is 0.0588. The molecule has 0 spiro atoms. The van der Waals surface area contributed by atoms with Crippen LogP contribution in [0.15, 0.2) is 117 Å². The molecule has 0 radical (unpaired) electrons. The third-order valence-corrected chi connectivity index (χ3v) is 8.12. The lowest BCUT2D eigenvalue weighted by Gasteiger charge is -2.18. The highest BCUT2D eigenvalue weighted by atomic mass is 32.2. The van der Waals surface area contributed by atoms with Gasteiger partial charge < -0.3 is 14.8 Å². The van der Waals surface area contributed by atoms with Crippen LogP contribution in [0, 0.1) is 13.8 Å². The highest BCUT2D eigenvalue weighted by molar-refractivity contribution is 7.85. The fourth-order valence-electron chi connectivity index (χ4n) is 5.13. The number of rotatable bonds is 6. The number of nitrogens with zero attached hydrogens (tertiary/aromatic N) is 1. The quantitative estimate of drug-likeness (QED) is 0.134. The van der Waals surface area contributed by atoms with Crippen molar-refractivity contribution in [2.24, 2.45) is 4.99 Å². The fourth-order valence-corrected chi connectivity index (χ4v) is 5.69. The van der Waals surface area contributed by atoms with Gasteiger partial charge in [-0.15, -0.1) is 0 Å². The summed E-state index contributed by atoms with van der Waals surface area (Å²) in [4.78, 5) is 16.7. The summed E-state index contributed by atoms with van der Waals surface area (Å²) in [6, 6.07) is 30.1. The monoisotopic (exact) mass is 590 g/mol. The molecule has 3 N–H and O–H groups in total. The van der Waals surface area contributed by atoms with Crippen LogP contribution in [0.1, 0.15) is 21.5 Å². The van der Waals surface area contributed by atoms with Gasteiger partial charge in [0.05, 0.1) is 21.5 Å². The van der Waals surface area contributed by atoms with Crippen molar-refractivity contribution in [3.63, 3.8) is 0 Å². The first-order chi connectivity index (χ1) is 20.6. The van der Waals surface area contributed by atoms with Gasteiger partial charge in [-0.3, -0.25) is 4.55 Å². The molecule has 214 valence electrons. The van der Waals surface area contributed by atoms with E-state index in [1.165, 1.54) is 18.2 Å². The van der Waals surface area contributed by atoms with Gasteiger partial charge >= 0.3 is 5.97 Å². The van der Waals surface area contributed by atoms with Crippen molar-refractivity contribution in [2.45, 2.75) is 18.7 Å². The molecule has 0 bridgehead atoms. The van der Waals surface area contributed by atoms with Crippen molar-refractivity contribution in [1.29, 1.82) is 0 Å². The summed E-state index contributed by atoms with van der Waals surface area (Å²) < 4.78 is 38.9. The van der Waals surface area contributed by atoms with Gasteiger partial charge in [-0.05, 0) is 85.1 Å². The number of carboxylic acids is 1. The highest BCUT2D eigenvalue weighted by Crippen LogP contribution is 2.42. The number of aromatic carboxylic acids is 1. The predicted octanol–water partition coefficient (Wildman–Crippen LogP) is 7.74. The zero-order chi connectivity index (χ0) is 30.3. The Balaban J connectivity index is 1.57. The number of hydrogen-bond acceptors (Lipinski definition) is 6. The van der Waals surface area contributed by atoms with Crippen LogP contribution < -0.4 is 10.7 Å². The maximum atomic E-state index is 12.2. The first-order valence-corrected chi connectivity index (χ1v) is 14.8. The number of para-hydroxylation sites is 1. The van der Waals surface area contributed by atoms with E-state index in [1.54, 1.807) is 43.3 Å². The van der Waals surface area contributed by atoms with Gasteiger partial charge in [0.15, 0.2) is 0 Å². The molecule has 0 saturated carbocycles. The van der Waals surface area contributed by atoms with Crippen molar-refractivity contribution in [2.75, 3.05) is 5.32 Å². The zero-order valence-corrected chi connectivity index (χ0v) is 24.0. The van der Waals surface area contributed by atoms with E-state index in [4.69, 9.17) is 4.42 Å². The standard InChI is InChI=1S/C34H26N2O6S/c1-20-7-3-6-10-29(20)35-22-11-14-27-31(18-22)42-32-19-23(36-30-16-13-24(17-21(30)2)43(39,40)41)12-15-28(32)33(27)25-8-4-5-9-26(25)34(37)38/h3-19,35H,1-2H3,(H,37,38)(H,39,40,41)/b36-23-. The summed E-state index contributed by atoms with van der Waals surface area (Å²) >= 11 is 0. The Bertz CT molecular complexity index is 2200. The molecule has 0 atom stereocenters. The summed E-state index contributed by atoms with van der Waals surface area (Å²) in [6.07, 6.45) is 0. The smallest absolute Gasteiger partial charge is 0.336 e. The molecule has 1 heterocycles. The maximum absolute atomic E-state index is 12.2. The maximum Gasteiger partial charge on any atom is 0.336 e. The molecule has 0 saturated heterocycles. The first-order valence-electron chi connectivity index (χ1n) is 13.4. The van der Waals surface area contributed by atoms with Crippen LogP contribution in [-0.4, -0.2) is 24.0 Å². The van der Waals surface area contributed by atoms with E-state index in [0.717, 1.165) is 27.9 Å². The largest absolute Gasteiger partial charge is 0.478 e. The zero-order valence-electron chi connectivity index (χ0n) is 23.2. The van der Waals surface area contributed by atoms with Gasteiger partial charge in [0.1, 0.15) is 11.3 Å². The average molecular weight is 591 g/mol. The Morgan fingerprint density at radius 1 is 0.814 bits per heavy atom. The van der Waals surface area contributed by atoms with E-state index >= 15 is 0 Å². The van der Waals surface area contributed by atoms with Crippen LogP contribution in [0.5, 0.6) is 0 Å². The summed E-state index contributed by atoms with van der Waals surface area (Å²) in [7, 11) is -4.34. The lowest BCUT2D eigenvalue weighted by molar-refractivity contribution is 0.0697. The molecule has 8 nitrogen and oxygen atoms in total. The van der Waals surface area contributed by atoms with E-state index in [1.807, 2.05) is 55.5 Å². The Morgan fingerprint density at radius 3 is 2.33 bits per heavy atom. The molecule has 0 amide bonds. The SMILES string of the molecule is Cc1cc(S(=O)(=O)O)ccc1/N=c1/ccc2c(-c3ccccc3C(=O)O)c3ccc(Nc4ccccc4C)cc3oc-2c1. The number of anilines is 2. The second-order valence-corrected chi connectivity index (χ2v) is 11.6. The van der Waals surface area contributed by atoms with Gasteiger partial charge in [-0.1, -0.05) is 36.4 Å². The summed E-state index contributed by atoms with van der Waals surface area (Å²) in [5.41, 5.74) is 6.63. The van der Waals surface area contributed by atoms with E-state index in [2.05, 4.69) is 10.3 Å². The third kappa shape index (κ3) is 5.51. The second kappa shape index (κ2) is 10.9. The minimum absolute atomic E-state index is 0.168. The van der Waals surface area contributed by atoms with Gasteiger partial charge in [0.25, 0.3) is 10.1 Å². The molecule has 2 aliphatic rings. The molecule has 43 heavy (non-hydrogen) atoms. The Kier molecular flexibility index (Phi) is 7.05. The highest BCUT2D eigenvalue weighted by Gasteiger charge is 2.21. The number of benzene rings is 5. The molecule has 0 unspecified atom stereocenters. The van der Waals surface area contributed by atoms with Crippen LogP contribution in [0.25, 0.3) is 33.4 Å². The Morgan fingerprint density at radius 2 is 1.58 bits per heavy atom. The van der Waals surface area contributed by atoms with Gasteiger partial charge in [-0.25, -0.2) is 9.79 Å². The molecule has 9 heteroatoms. The van der Waals surface area contributed by atoms with Crippen LogP contribution in [0.4, 0.5) is 17.1 Å². The van der Waals surface area contributed by atoms with Crippen LogP contribution in [0.2, 0.25) is 0 Å². The molecular weight excluding hydrogens is 564 g/mol. The van der Waals surface area contributed by atoms with Crippen molar-refractivity contribution in [3.8, 4) is 22.5 Å². The molecule has 6 rings (SSSR count). The predicted molar refractivity (Wildman–Crippen MR) is 166 cm³/mol. The Hall–Kier alpha value is -5.25. The normalized spacial score (nSPS) is 12.1. The van der Waals surface area contributed by atoms with Crippen molar-refractivity contribution in [3.05, 3.63) is 125 Å². The summed E-state index contributed by atoms with van der Waals surface area (Å²) in [5, 5.41) is 14.7. The van der Waals surface area contributed by atoms with Gasteiger partial charge in [-0.2, -0.15) is 8.42 Å². The van der Waals surface area contributed by atoms with E-state index in [9.17, 15) is 22.9 Å². The van der Waals surface area contributed by atoms with Crippen molar-refractivity contribution in [1.82, 2.24) is 0 Å². The average Bonchev–Trinajstić information content (AvgIpc) is 2.97. The number of fused-ring (bicyclic) bond motifs is 2. The van der Waals surface area contributed by atoms with Gasteiger partial charge in [0.2, 0.25) is 0 Å². The molecule has 4 aromatic carbocycles. The molecule has 1 aliphatic heterocycles.